The average Bonchev–Trinajstić information content (AvgIpc) is 3.51. The first kappa shape index (κ1) is 19.3. The molecule has 2 aliphatic rings. The molecule has 146 valence electrons. The third-order valence-electron chi connectivity index (χ3n) is 5.61. The van der Waals surface area contributed by atoms with Gasteiger partial charge >= 0.3 is 6.16 Å². The molecular weight excluding hydrogens is 350 g/mol. The van der Waals surface area contributed by atoms with Crippen LogP contribution in [-0.4, -0.2) is 37.9 Å². The van der Waals surface area contributed by atoms with E-state index in [-0.39, 0.29) is 0 Å². The van der Waals surface area contributed by atoms with E-state index < -0.39 is 17.4 Å². The van der Waals surface area contributed by atoms with E-state index in [0.717, 1.165) is 5.56 Å². The molecule has 0 amide bonds. The maximum atomic E-state index is 11.0. The first-order valence-electron chi connectivity index (χ1n) is 9.15. The zero-order chi connectivity index (χ0) is 19.5. The highest BCUT2D eigenvalue weighted by Gasteiger charge is 2.47. The van der Waals surface area contributed by atoms with Gasteiger partial charge in [-0.25, -0.2) is 4.79 Å². The van der Waals surface area contributed by atoms with Gasteiger partial charge in [-0.3, -0.25) is 0 Å². The van der Waals surface area contributed by atoms with Crippen molar-refractivity contribution in [1.29, 1.82) is 5.26 Å². The minimum atomic E-state index is -1.37. The Kier molecular flexibility index (Phi) is 5.47. The number of ether oxygens (including phenoxy) is 4. The van der Waals surface area contributed by atoms with Crippen LogP contribution in [0.1, 0.15) is 44.1 Å². The lowest BCUT2D eigenvalue weighted by Crippen LogP contribution is -2.45. The monoisotopic (exact) mass is 375 g/mol. The van der Waals surface area contributed by atoms with Gasteiger partial charge in [0.2, 0.25) is 5.79 Å². The molecule has 0 atom stereocenters. The van der Waals surface area contributed by atoms with E-state index in [1.807, 2.05) is 18.2 Å². The van der Waals surface area contributed by atoms with Crippen molar-refractivity contribution in [2.75, 3.05) is 20.8 Å². The third-order valence-corrected chi connectivity index (χ3v) is 5.61. The van der Waals surface area contributed by atoms with Crippen molar-refractivity contribution in [2.24, 2.45) is 5.92 Å². The van der Waals surface area contributed by atoms with E-state index >= 15 is 0 Å². The van der Waals surface area contributed by atoms with Gasteiger partial charge in [0.05, 0.1) is 25.2 Å². The summed E-state index contributed by atoms with van der Waals surface area (Å²) in [6, 6.07) is 8.01. The number of methoxy groups -OCH3 is 2. The predicted octanol–water partition coefficient (Wildman–Crippen LogP) is 3.86. The molecule has 0 saturated heterocycles. The Labute approximate surface area is 158 Å². The molecule has 0 spiro atoms. The van der Waals surface area contributed by atoms with Crippen molar-refractivity contribution >= 4 is 6.16 Å². The molecular formula is C20H25NO6. The summed E-state index contributed by atoms with van der Waals surface area (Å²) in [5, 5.41) is 18.9. The van der Waals surface area contributed by atoms with Gasteiger partial charge in [-0.05, 0) is 49.3 Å². The number of rotatable bonds is 7. The zero-order valence-corrected chi connectivity index (χ0v) is 15.7. The Balaban J connectivity index is 1.81. The van der Waals surface area contributed by atoms with E-state index in [9.17, 15) is 10.1 Å². The molecule has 2 fully saturated rings. The smallest absolute Gasteiger partial charge is 0.493 e. The lowest BCUT2D eigenvalue weighted by molar-refractivity contribution is -0.215. The molecule has 0 heterocycles. The minimum absolute atomic E-state index is 0.313. The highest BCUT2D eigenvalue weighted by atomic mass is 16.8. The summed E-state index contributed by atoms with van der Waals surface area (Å²) in [7, 11) is 3.02. The summed E-state index contributed by atoms with van der Waals surface area (Å²) in [6.07, 6.45) is 2.49. The average molecular weight is 375 g/mol. The van der Waals surface area contributed by atoms with Crippen LogP contribution < -0.4 is 9.47 Å². The maximum absolute atomic E-state index is 11.0. The van der Waals surface area contributed by atoms with Crippen molar-refractivity contribution < 1.29 is 28.8 Å². The van der Waals surface area contributed by atoms with E-state index in [0.29, 0.717) is 49.7 Å². The molecule has 27 heavy (non-hydrogen) atoms. The second-order valence-corrected chi connectivity index (χ2v) is 7.30. The van der Waals surface area contributed by atoms with Gasteiger partial charge in [-0.15, -0.1) is 0 Å². The predicted molar refractivity (Wildman–Crippen MR) is 95.8 cm³/mol. The van der Waals surface area contributed by atoms with Gasteiger partial charge in [0.15, 0.2) is 11.5 Å². The van der Waals surface area contributed by atoms with Crippen molar-refractivity contribution in [2.45, 2.75) is 49.7 Å². The number of hydrogen-bond donors (Lipinski definition) is 1. The van der Waals surface area contributed by atoms with Crippen LogP contribution in [0.25, 0.3) is 0 Å². The van der Waals surface area contributed by atoms with Gasteiger partial charge in [0.1, 0.15) is 0 Å². The van der Waals surface area contributed by atoms with Crippen LogP contribution in [0.4, 0.5) is 4.79 Å². The van der Waals surface area contributed by atoms with E-state index in [1.165, 1.54) is 20.0 Å². The lowest BCUT2D eigenvalue weighted by Gasteiger charge is -2.41. The fraction of sp³-hybridized carbons (Fsp3) is 0.600. The van der Waals surface area contributed by atoms with E-state index in [1.54, 1.807) is 7.11 Å². The van der Waals surface area contributed by atoms with Gasteiger partial charge in [0, 0.05) is 20.0 Å². The van der Waals surface area contributed by atoms with E-state index in [4.69, 9.17) is 24.1 Å². The van der Waals surface area contributed by atoms with Gasteiger partial charge in [0.25, 0.3) is 0 Å². The SMILES string of the molecule is COc1ccc([C@]2(C#N)CC[C@](OC)(OC(=O)O)CC2)cc1OCC1CC1. The van der Waals surface area contributed by atoms with Crippen LogP contribution in [0.2, 0.25) is 0 Å². The topological polar surface area (TPSA) is 98.0 Å². The molecule has 0 radical (unpaired) electrons. The highest BCUT2D eigenvalue weighted by Crippen LogP contribution is 2.46. The quantitative estimate of drug-likeness (QED) is 0.571. The summed E-state index contributed by atoms with van der Waals surface area (Å²) in [5.74, 6) is 0.698. The van der Waals surface area contributed by atoms with E-state index in [2.05, 4.69) is 6.07 Å². The molecule has 1 N–H and O–H groups in total. The van der Waals surface area contributed by atoms with Crippen molar-refractivity contribution in [1.82, 2.24) is 0 Å². The van der Waals surface area contributed by atoms with Crippen molar-refractivity contribution in [3.8, 4) is 17.6 Å². The van der Waals surface area contributed by atoms with Gasteiger partial charge in [-0.1, -0.05) is 6.07 Å². The molecule has 1 aromatic rings. The molecule has 1 aromatic carbocycles. The van der Waals surface area contributed by atoms with Crippen LogP contribution in [0.5, 0.6) is 11.5 Å². The Hall–Kier alpha value is -2.46. The lowest BCUT2D eigenvalue weighted by atomic mass is 9.68. The van der Waals surface area contributed by atoms with Crippen LogP contribution in [0, 0.1) is 17.2 Å². The molecule has 0 bridgehead atoms. The van der Waals surface area contributed by atoms with Crippen LogP contribution in [0.15, 0.2) is 18.2 Å². The number of benzene rings is 1. The second-order valence-electron chi connectivity index (χ2n) is 7.30. The molecule has 0 unspecified atom stereocenters. The number of nitrogens with zero attached hydrogens (tertiary/aromatic N) is 1. The number of hydrogen-bond acceptors (Lipinski definition) is 6. The molecule has 7 heteroatoms. The van der Waals surface area contributed by atoms with Gasteiger partial charge < -0.3 is 24.1 Å². The summed E-state index contributed by atoms with van der Waals surface area (Å²) in [6.45, 7) is 0.651. The summed E-state index contributed by atoms with van der Waals surface area (Å²) < 4.78 is 21.6. The van der Waals surface area contributed by atoms with Crippen molar-refractivity contribution in [3.05, 3.63) is 23.8 Å². The second kappa shape index (κ2) is 7.65. The molecule has 7 nitrogen and oxygen atoms in total. The van der Waals surface area contributed by atoms with Crippen LogP contribution in [-0.2, 0) is 14.9 Å². The third kappa shape index (κ3) is 4.11. The Morgan fingerprint density at radius 3 is 2.44 bits per heavy atom. The van der Waals surface area contributed by atoms with Gasteiger partial charge in [-0.2, -0.15) is 5.26 Å². The molecule has 3 rings (SSSR count). The van der Waals surface area contributed by atoms with Crippen LogP contribution >= 0.6 is 0 Å². The Morgan fingerprint density at radius 2 is 1.93 bits per heavy atom. The number of carboxylic acid groups (broad SMARTS) is 1. The Bertz CT molecular complexity index is 728. The first-order chi connectivity index (χ1) is 13.0. The summed E-state index contributed by atoms with van der Waals surface area (Å²) >= 11 is 0. The fourth-order valence-electron chi connectivity index (χ4n) is 3.61. The minimum Gasteiger partial charge on any atom is -0.493 e. The standard InChI is InChI=1S/C20H25NO6/c1-24-16-6-5-15(11-17(16)26-12-14-3-4-14)19(13-21)7-9-20(25-2,10-8-19)27-18(22)23/h5-6,11,14H,3-4,7-10,12H2,1-2H3,(H,22,23)/t19-,20+. The first-order valence-corrected chi connectivity index (χ1v) is 9.15. The molecule has 0 aliphatic heterocycles. The maximum Gasteiger partial charge on any atom is 0.508 e. The Morgan fingerprint density at radius 1 is 1.22 bits per heavy atom. The summed E-state index contributed by atoms with van der Waals surface area (Å²) in [4.78, 5) is 11.0. The zero-order valence-electron chi connectivity index (χ0n) is 15.7. The number of nitriles is 1. The largest absolute Gasteiger partial charge is 0.508 e. The molecule has 2 saturated carbocycles. The summed E-state index contributed by atoms with van der Waals surface area (Å²) in [5.41, 5.74) is 0.102. The number of carbonyl (C=O) groups is 1. The molecule has 0 aromatic heterocycles. The normalized spacial score (nSPS) is 27.4. The highest BCUT2D eigenvalue weighted by molar-refractivity contribution is 5.57. The van der Waals surface area contributed by atoms with Crippen molar-refractivity contribution in [3.63, 3.8) is 0 Å². The fourth-order valence-corrected chi connectivity index (χ4v) is 3.61. The molecule has 2 aliphatic carbocycles. The van der Waals surface area contributed by atoms with Crippen LogP contribution in [0.3, 0.4) is 0 Å².